The molecule has 1 rings (SSSR count). The van der Waals surface area contributed by atoms with Gasteiger partial charge in [-0.15, -0.1) is 0 Å². The number of halogens is 2. The van der Waals surface area contributed by atoms with E-state index in [0.29, 0.717) is 5.56 Å². The molecule has 0 unspecified atom stereocenters. The van der Waals surface area contributed by atoms with Crippen molar-refractivity contribution < 1.29 is 13.6 Å². The lowest BCUT2D eigenvalue weighted by molar-refractivity contribution is 0.0156. The number of hydrogen-bond donors (Lipinski definition) is 0. The summed E-state index contributed by atoms with van der Waals surface area (Å²) in [5.74, 6) is -3.44. The first-order valence-corrected chi connectivity index (χ1v) is 3.95. The van der Waals surface area contributed by atoms with Gasteiger partial charge in [-0.25, -0.2) is 8.78 Å². The maximum absolute atomic E-state index is 12.4. The van der Waals surface area contributed by atoms with Gasteiger partial charge in [-0.2, -0.15) is 0 Å². The molecule has 0 bridgehead atoms. The van der Waals surface area contributed by atoms with Gasteiger partial charge in [-0.3, -0.25) is 4.79 Å². The third-order valence-electron chi connectivity index (χ3n) is 1.57. The Kier molecular flexibility index (Phi) is 2.76. The minimum atomic E-state index is -2.92. The summed E-state index contributed by atoms with van der Waals surface area (Å²) in [6.45, 7) is 0.744. The van der Waals surface area contributed by atoms with Gasteiger partial charge in [0.15, 0.2) is 5.78 Å². The molecular formula is C10H10F2O. The fourth-order valence-corrected chi connectivity index (χ4v) is 1.01. The summed E-state index contributed by atoms with van der Waals surface area (Å²) in [6, 6.07) is 8.12. The van der Waals surface area contributed by atoms with Gasteiger partial charge in [0.2, 0.25) is 0 Å². The first-order valence-electron chi connectivity index (χ1n) is 3.95. The number of Topliss-reactive ketones (excluding diaryl/α,β-unsaturated/α-hetero) is 1. The number of alkyl halides is 2. The van der Waals surface area contributed by atoms with Crippen LogP contribution in [0.1, 0.15) is 23.7 Å². The fraction of sp³-hybridized carbons (Fsp3) is 0.300. The summed E-state index contributed by atoms with van der Waals surface area (Å²) < 4.78 is 24.9. The molecule has 13 heavy (non-hydrogen) atoms. The number of rotatable bonds is 3. The Morgan fingerprint density at radius 3 is 2.31 bits per heavy atom. The Bertz CT molecular complexity index is 288. The molecule has 0 spiro atoms. The molecule has 0 fully saturated rings. The molecule has 0 atom stereocenters. The highest BCUT2D eigenvalue weighted by atomic mass is 19.3. The predicted molar refractivity (Wildman–Crippen MR) is 46.0 cm³/mol. The summed E-state index contributed by atoms with van der Waals surface area (Å²) in [6.07, 6.45) is -0.725. The van der Waals surface area contributed by atoms with Gasteiger partial charge in [-0.05, 0) is 6.92 Å². The van der Waals surface area contributed by atoms with E-state index in [4.69, 9.17) is 0 Å². The highest BCUT2D eigenvalue weighted by Crippen LogP contribution is 2.19. The first-order chi connectivity index (χ1) is 5.99. The SMILES string of the molecule is CC(F)(F)CC(=O)c1ccccc1. The number of carbonyl (C=O) groups is 1. The summed E-state index contributed by atoms with van der Waals surface area (Å²) in [7, 11) is 0. The van der Waals surface area contributed by atoms with E-state index in [2.05, 4.69) is 0 Å². The highest BCUT2D eigenvalue weighted by Gasteiger charge is 2.25. The van der Waals surface area contributed by atoms with Crippen molar-refractivity contribution in [2.45, 2.75) is 19.3 Å². The Morgan fingerprint density at radius 1 is 1.31 bits per heavy atom. The lowest BCUT2D eigenvalue weighted by atomic mass is 10.1. The maximum Gasteiger partial charge on any atom is 0.252 e. The van der Waals surface area contributed by atoms with Gasteiger partial charge in [0.05, 0.1) is 6.42 Å². The smallest absolute Gasteiger partial charge is 0.252 e. The van der Waals surface area contributed by atoms with Crippen LogP contribution < -0.4 is 0 Å². The Labute approximate surface area is 75.4 Å². The molecule has 0 N–H and O–H groups in total. The van der Waals surface area contributed by atoms with Crippen LogP contribution in [0.2, 0.25) is 0 Å². The lowest BCUT2D eigenvalue weighted by Crippen LogP contribution is -2.16. The summed E-state index contributed by atoms with van der Waals surface area (Å²) >= 11 is 0. The zero-order chi connectivity index (χ0) is 9.90. The van der Waals surface area contributed by atoms with Crippen LogP contribution in [0, 0.1) is 0 Å². The van der Waals surface area contributed by atoms with Crippen molar-refractivity contribution in [3.05, 3.63) is 35.9 Å². The maximum atomic E-state index is 12.4. The molecule has 0 aliphatic carbocycles. The molecule has 3 heteroatoms. The largest absolute Gasteiger partial charge is 0.294 e. The van der Waals surface area contributed by atoms with Crippen LogP contribution in [0.3, 0.4) is 0 Å². The zero-order valence-electron chi connectivity index (χ0n) is 7.26. The van der Waals surface area contributed by atoms with Crippen molar-refractivity contribution in [3.63, 3.8) is 0 Å². The molecule has 1 aromatic carbocycles. The Morgan fingerprint density at radius 2 is 1.85 bits per heavy atom. The molecule has 1 aromatic rings. The van der Waals surface area contributed by atoms with E-state index in [1.165, 1.54) is 12.1 Å². The van der Waals surface area contributed by atoms with Gasteiger partial charge in [0, 0.05) is 5.56 Å². The van der Waals surface area contributed by atoms with E-state index < -0.39 is 18.1 Å². The number of ketones is 1. The Hall–Kier alpha value is -1.25. The monoisotopic (exact) mass is 184 g/mol. The zero-order valence-corrected chi connectivity index (χ0v) is 7.26. The standard InChI is InChI=1S/C10H10F2O/c1-10(11,12)7-9(13)8-5-3-2-4-6-8/h2-6H,7H2,1H3. The number of hydrogen-bond acceptors (Lipinski definition) is 1. The van der Waals surface area contributed by atoms with Crippen LogP contribution in [0.25, 0.3) is 0 Å². The molecule has 0 saturated carbocycles. The summed E-state index contributed by atoms with van der Waals surface area (Å²) in [5.41, 5.74) is 0.337. The van der Waals surface area contributed by atoms with Crippen LogP contribution in [0.5, 0.6) is 0 Å². The van der Waals surface area contributed by atoms with Crippen LogP contribution in [0.4, 0.5) is 8.78 Å². The van der Waals surface area contributed by atoms with E-state index in [0.717, 1.165) is 6.92 Å². The van der Waals surface area contributed by atoms with Crippen LogP contribution >= 0.6 is 0 Å². The summed E-state index contributed by atoms with van der Waals surface area (Å²) in [4.78, 5) is 11.2. The second kappa shape index (κ2) is 3.64. The van der Waals surface area contributed by atoms with Crippen molar-refractivity contribution in [1.29, 1.82) is 0 Å². The molecule has 0 aromatic heterocycles. The molecular weight excluding hydrogens is 174 g/mol. The van der Waals surface area contributed by atoms with Gasteiger partial charge in [0.1, 0.15) is 0 Å². The minimum absolute atomic E-state index is 0.337. The summed E-state index contributed by atoms with van der Waals surface area (Å²) in [5, 5.41) is 0. The van der Waals surface area contributed by atoms with E-state index >= 15 is 0 Å². The second-order valence-electron chi connectivity index (χ2n) is 3.04. The molecule has 0 aliphatic heterocycles. The van der Waals surface area contributed by atoms with Crippen molar-refractivity contribution >= 4 is 5.78 Å². The fourth-order valence-electron chi connectivity index (χ4n) is 1.01. The first kappa shape index (κ1) is 9.84. The topological polar surface area (TPSA) is 17.1 Å². The van der Waals surface area contributed by atoms with Crippen LogP contribution in [0.15, 0.2) is 30.3 Å². The van der Waals surface area contributed by atoms with E-state index in [9.17, 15) is 13.6 Å². The molecule has 0 amide bonds. The van der Waals surface area contributed by atoms with Crippen molar-refractivity contribution in [3.8, 4) is 0 Å². The second-order valence-corrected chi connectivity index (χ2v) is 3.04. The van der Waals surface area contributed by atoms with E-state index in [1.54, 1.807) is 18.2 Å². The highest BCUT2D eigenvalue weighted by molar-refractivity contribution is 5.96. The van der Waals surface area contributed by atoms with Crippen molar-refractivity contribution in [2.24, 2.45) is 0 Å². The molecule has 1 nitrogen and oxygen atoms in total. The number of carbonyl (C=O) groups excluding carboxylic acids is 1. The molecule has 0 radical (unpaired) electrons. The van der Waals surface area contributed by atoms with Crippen LogP contribution in [-0.4, -0.2) is 11.7 Å². The average molecular weight is 184 g/mol. The molecule has 0 saturated heterocycles. The van der Waals surface area contributed by atoms with Crippen molar-refractivity contribution in [1.82, 2.24) is 0 Å². The Balaban J connectivity index is 2.71. The third-order valence-corrected chi connectivity index (χ3v) is 1.57. The van der Waals surface area contributed by atoms with Crippen LogP contribution in [-0.2, 0) is 0 Å². The number of benzene rings is 1. The average Bonchev–Trinajstić information content (AvgIpc) is 2.03. The molecule has 70 valence electrons. The minimum Gasteiger partial charge on any atom is -0.294 e. The van der Waals surface area contributed by atoms with Gasteiger partial charge >= 0.3 is 0 Å². The molecule has 0 aliphatic rings. The van der Waals surface area contributed by atoms with Gasteiger partial charge in [0.25, 0.3) is 5.92 Å². The lowest BCUT2D eigenvalue weighted by Gasteiger charge is -2.08. The normalized spacial score (nSPS) is 11.3. The molecule has 0 heterocycles. The van der Waals surface area contributed by atoms with E-state index in [1.807, 2.05) is 0 Å². The predicted octanol–water partition coefficient (Wildman–Crippen LogP) is 2.91. The van der Waals surface area contributed by atoms with E-state index in [-0.39, 0.29) is 0 Å². The van der Waals surface area contributed by atoms with Crippen molar-refractivity contribution in [2.75, 3.05) is 0 Å². The van der Waals surface area contributed by atoms with Gasteiger partial charge in [-0.1, -0.05) is 30.3 Å². The van der Waals surface area contributed by atoms with Gasteiger partial charge < -0.3 is 0 Å². The quantitative estimate of drug-likeness (QED) is 0.660. The third kappa shape index (κ3) is 3.32.